The zero-order valence-corrected chi connectivity index (χ0v) is 28.1. The first-order valence-electron chi connectivity index (χ1n) is 17.3. The van der Waals surface area contributed by atoms with Crippen molar-refractivity contribution in [3.05, 3.63) is 71.2 Å². The molecule has 47 heavy (non-hydrogen) atoms. The number of nitrogens with two attached hydrogens (primary N) is 1. The molecule has 1 aliphatic carbocycles. The maximum atomic E-state index is 13.0. The number of amides is 2. The van der Waals surface area contributed by atoms with Crippen molar-refractivity contribution in [2.24, 2.45) is 10.7 Å². The number of nitrogens with zero attached hydrogens (tertiary/aromatic N) is 4. The standard InChI is InChI=1S/C37H49N7O3/c1-25-23-44(25)34(35(38)45)36(40-30-14-10-27(11-15-30)28-18-21-42(22-19-28)32-8-4-5-9-32)39-26(2)43-20-6-7-31(24-43)41-37(46)29-12-16-33(47-3)17-13-29/h10-17,28,31-32H,4-9,18-24H2,1-3H3,(H3-,38,40,41,45,46)/p+1. The van der Waals surface area contributed by atoms with Crippen molar-refractivity contribution < 1.29 is 18.9 Å². The second-order valence-corrected chi connectivity index (χ2v) is 13.5. The van der Waals surface area contributed by atoms with Gasteiger partial charge in [0.25, 0.3) is 5.91 Å². The fourth-order valence-electron chi connectivity index (χ4n) is 7.46. The van der Waals surface area contributed by atoms with Crippen molar-refractivity contribution in [3.8, 4) is 5.75 Å². The number of methoxy groups -OCH3 is 1. The maximum Gasteiger partial charge on any atom is 0.317 e. The average molecular weight is 641 g/mol. The molecule has 3 aliphatic heterocycles. The van der Waals surface area contributed by atoms with Crippen LogP contribution in [0.1, 0.15) is 87.1 Å². The number of hydrogen-bond donors (Lipinski definition) is 3. The van der Waals surface area contributed by atoms with E-state index in [0.717, 1.165) is 42.7 Å². The third-order valence-electron chi connectivity index (χ3n) is 10.3. The Labute approximate surface area is 278 Å². The maximum absolute atomic E-state index is 13.0. The quantitative estimate of drug-likeness (QED) is 0.150. The molecule has 6 rings (SSSR count). The lowest BCUT2D eigenvalue weighted by Gasteiger charge is -2.36. The van der Waals surface area contributed by atoms with E-state index in [9.17, 15) is 9.59 Å². The van der Waals surface area contributed by atoms with Crippen molar-refractivity contribution in [2.45, 2.75) is 83.2 Å². The third kappa shape index (κ3) is 8.04. The highest BCUT2D eigenvalue weighted by Gasteiger charge is 2.39. The summed E-state index contributed by atoms with van der Waals surface area (Å²) in [7, 11) is 1.61. The van der Waals surface area contributed by atoms with Crippen molar-refractivity contribution in [1.29, 1.82) is 0 Å². The van der Waals surface area contributed by atoms with Crippen molar-refractivity contribution in [3.63, 3.8) is 0 Å². The molecule has 2 saturated heterocycles. The topological polar surface area (TPSA) is 115 Å². The predicted molar refractivity (Wildman–Crippen MR) is 186 cm³/mol. The minimum atomic E-state index is -0.519. The summed E-state index contributed by atoms with van der Waals surface area (Å²) in [5.41, 5.74) is 10.2. The van der Waals surface area contributed by atoms with Gasteiger partial charge in [0.15, 0.2) is 0 Å². The van der Waals surface area contributed by atoms with Gasteiger partial charge in [-0.15, -0.1) is 0 Å². The van der Waals surface area contributed by atoms with Crippen molar-refractivity contribution >= 4 is 29.0 Å². The van der Waals surface area contributed by atoms with Crippen LogP contribution in [0.4, 0.5) is 5.69 Å². The molecule has 3 heterocycles. The molecule has 0 spiro atoms. The van der Waals surface area contributed by atoms with Gasteiger partial charge in [-0.2, -0.15) is 4.58 Å². The summed E-state index contributed by atoms with van der Waals surface area (Å²) in [6, 6.07) is 16.5. The fraction of sp³-hybridized carbons (Fsp3) is 0.514. The molecular weight excluding hydrogens is 590 g/mol. The van der Waals surface area contributed by atoms with Gasteiger partial charge < -0.3 is 30.9 Å². The number of ether oxygens (including phenoxy) is 1. The summed E-state index contributed by atoms with van der Waals surface area (Å²) >= 11 is 0. The molecule has 10 nitrogen and oxygen atoms in total. The van der Waals surface area contributed by atoms with Gasteiger partial charge in [0.1, 0.15) is 11.6 Å². The molecule has 1 atom stereocenters. The van der Waals surface area contributed by atoms with Crippen LogP contribution in [0.3, 0.4) is 0 Å². The molecule has 0 aromatic heterocycles. The number of piperidine rings is 2. The van der Waals surface area contributed by atoms with Crippen LogP contribution < -0.4 is 21.1 Å². The highest BCUT2D eigenvalue weighted by molar-refractivity contribution is 5.96. The van der Waals surface area contributed by atoms with Gasteiger partial charge in [-0.05, 0) is 106 Å². The summed E-state index contributed by atoms with van der Waals surface area (Å²) in [6.45, 7) is 8.43. The summed E-state index contributed by atoms with van der Waals surface area (Å²) in [5, 5.41) is 6.62. The number of rotatable bonds is 10. The molecule has 2 aromatic carbocycles. The predicted octanol–water partition coefficient (Wildman–Crippen LogP) is 4.68. The van der Waals surface area contributed by atoms with Crippen molar-refractivity contribution in [2.75, 3.05) is 45.2 Å². The molecule has 4 aliphatic rings. The Morgan fingerprint density at radius 2 is 1.62 bits per heavy atom. The zero-order valence-electron chi connectivity index (χ0n) is 28.1. The highest BCUT2D eigenvalue weighted by atomic mass is 16.5. The van der Waals surface area contributed by atoms with Crippen LogP contribution in [0.15, 0.2) is 65.0 Å². The van der Waals surface area contributed by atoms with E-state index in [2.05, 4.69) is 44.7 Å². The number of amidine groups is 1. The molecular formula is C37H50N7O3+. The number of aliphatic imine (C=N–C) groups is 1. The minimum Gasteiger partial charge on any atom is -0.497 e. The van der Waals surface area contributed by atoms with Crippen LogP contribution in [-0.4, -0.2) is 89.7 Å². The average Bonchev–Trinajstić information content (AvgIpc) is 3.53. The molecule has 10 heteroatoms. The largest absolute Gasteiger partial charge is 0.497 e. The SMILES string of the molecule is COc1ccc(C(=O)NC2CCCN(C(C)=NC(Nc3ccc(C4CCN(C5CCCC5)CC4)cc3)=C(C(N)=O)[N+]3=C(C)C3)C2)cc1. The summed E-state index contributed by atoms with van der Waals surface area (Å²) in [4.78, 5) is 35.6. The number of carbonyl (C=O) groups excluding carboxylic acids is 2. The van der Waals surface area contributed by atoms with Gasteiger partial charge in [0, 0.05) is 43.3 Å². The zero-order chi connectivity index (χ0) is 32.9. The van der Waals surface area contributed by atoms with E-state index in [4.69, 9.17) is 15.5 Å². The Hall–Kier alpha value is -4.18. The third-order valence-corrected chi connectivity index (χ3v) is 10.3. The molecule has 1 saturated carbocycles. The van der Waals surface area contributed by atoms with E-state index >= 15 is 0 Å². The van der Waals surface area contributed by atoms with Crippen LogP contribution in [0.2, 0.25) is 0 Å². The molecule has 250 valence electrons. The van der Waals surface area contributed by atoms with Crippen LogP contribution in [0.5, 0.6) is 5.75 Å². The molecule has 1 unspecified atom stereocenters. The Bertz CT molecular complexity index is 1530. The number of carbonyl (C=O) groups is 2. The normalized spacial score (nSPS) is 21.8. The van der Waals surface area contributed by atoms with E-state index < -0.39 is 5.91 Å². The van der Waals surface area contributed by atoms with Gasteiger partial charge >= 0.3 is 11.6 Å². The van der Waals surface area contributed by atoms with E-state index in [0.29, 0.717) is 41.8 Å². The summed E-state index contributed by atoms with van der Waals surface area (Å²) in [6.07, 6.45) is 9.69. The van der Waals surface area contributed by atoms with E-state index in [1.807, 2.05) is 18.4 Å². The second-order valence-electron chi connectivity index (χ2n) is 13.5. The van der Waals surface area contributed by atoms with Gasteiger partial charge in [-0.1, -0.05) is 25.0 Å². The Morgan fingerprint density at radius 3 is 2.23 bits per heavy atom. The second kappa shape index (κ2) is 14.7. The van der Waals surface area contributed by atoms with E-state index in [1.165, 1.54) is 57.2 Å². The van der Waals surface area contributed by atoms with Crippen LogP contribution in [-0.2, 0) is 4.79 Å². The first kappa shape index (κ1) is 32.7. The smallest absolute Gasteiger partial charge is 0.317 e. The highest BCUT2D eigenvalue weighted by Crippen LogP contribution is 2.33. The molecule has 2 aromatic rings. The van der Waals surface area contributed by atoms with E-state index in [1.54, 1.807) is 31.4 Å². The fourth-order valence-corrected chi connectivity index (χ4v) is 7.46. The number of nitrogens with one attached hydrogen (secondary N) is 2. The molecule has 3 fully saturated rings. The minimum absolute atomic E-state index is 0.0279. The van der Waals surface area contributed by atoms with Gasteiger partial charge in [0.05, 0.1) is 7.11 Å². The lowest BCUT2D eigenvalue weighted by atomic mass is 9.88. The lowest BCUT2D eigenvalue weighted by molar-refractivity contribution is -0.379. The molecule has 4 N–H and O–H groups in total. The number of likely N-dealkylation sites (tertiary alicyclic amines) is 2. The van der Waals surface area contributed by atoms with Gasteiger partial charge in [-0.3, -0.25) is 9.59 Å². The number of anilines is 1. The Balaban J connectivity index is 1.14. The summed E-state index contributed by atoms with van der Waals surface area (Å²) < 4.78 is 7.12. The number of benzene rings is 2. The first-order chi connectivity index (χ1) is 22.8. The van der Waals surface area contributed by atoms with Crippen LogP contribution in [0.25, 0.3) is 0 Å². The van der Waals surface area contributed by atoms with E-state index in [-0.39, 0.29) is 11.9 Å². The summed E-state index contributed by atoms with van der Waals surface area (Å²) in [5.74, 6) is 1.86. The molecule has 0 bridgehead atoms. The van der Waals surface area contributed by atoms with Crippen molar-refractivity contribution in [1.82, 2.24) is 15.1 Å². The number of primary amides is 1. The molecule has 0 radical (unpaired) electrons. The van der Waals surface area contributed by atoms with Crippen LogP contribution >= 0.6 is 0 Å². The Morgan fingerprint density at radius 1 is 0.936 bits per heavy atom. The van der Waals surface area contributed by atoms with Crippen LogP contribution in [0, 0.1) is 0 Å². The van der Waals surface area contributed by atoms with Gasteiger partial charge in [0.2, 0.25) is 18.1 Å². The molecule has 2 amide bonds. The lowest BCUT2D eigenvalue weighted by Crippen LogP contribution is -2.49. The first-order valence-corrected chi connectivity index (χ1v) is 17.3. The monoisotopic (exact) mass is 640 g/mol. The van der Waals surface area contributed by atoms with Gasteiger partial charge in [-0.25, -0.2) is 4.99 Å². The Kier molecular flexibility index (Phi) is 10.3. The number of hydrogen-bond acceptors (Lipinski definition) is 6.